The lowest BCUT2D eigenvalue weighted by atomic mass is 10.1. The van der Waals surface area contributed by atoms with Crippen molar-refractivity contribution in [1.82, 2.24) is 10.2 Å². The number of carbonyl (C=O) groups is 2. The fourth-order valence-electron chi connectivity index (χ4n) is 3.73. The van der Waals surface area contributed by atoms with Crippen molar-refractivity contribution in [3.8, 4) is 0 Å². The molecule has 2 amide bonds. The van der Waals surface area contributed by atoms with Crippen LogP contribution in [0.15, 0.2) is 71.6 Å². The number of halogens is 4. The number of nitrogens with one attached hydrogen (secondary N) is 1. The summed E-state index contributed by atoms with van der Waals surface area (Å²) in [5.74, 6) is -1.93. The SMILES string of the molecule is CC(C)NC(=O)C(C)N(Cc1c(Cl)cccc1Cl)C(=O)CN(c1ccc(F)c(Cl)c1)S(=O)(=O)c1ccccc1. The Bertz CT molecular complexity index is 1440. The molecule has 0 fully saturated rings. The van der Waals surface area contributed by atoms with Crippen LogP contribution >= 0.6 is 34.8 Å². The van der Waals surface area contributed by atoms with Crippen molar-refractivity contribution in [3.05, 3.63) is 93.2 Å². The number of amides is 2. The molecular weight excluding hydrogens is 588 g/mol. The number of hydrogen-bond donors (Lipinski definition) is 1. The number of anilines is 1. The number of nitrogens with zero attached hydrogens (tertiary/aromatic N) is 2. The van der Waals surface area contributed by atoms with Gasteiger partial charge in [-0.1, -0.05) is 59.1 Å². The summed E-state index contributed by atoms with van der Waals surface area (Å²) in [6, 6.07) is 14.4. The van der Waals surface area contributed by atoms with E-state index in [1.165, 1.54) is 42.2 Å². The molecule has 3 aromatic carbocycles. The van der Waals surface area contributed by atoms with Crippen LogP contribution in [0.4, 0.5) is 10.1 Å². The van der Waals surface area contributed by atoms with E-state index in [4.69, 9.17) is 34.8 Å². The van der Waals surface area contributed by atoms with Crippen LogP contribution in [0, 0.1) is 5.82 Å². The molecule has 0 aliphatic carbocycles. The van der Waals surface area contributed by atoms with Crippen LogP contribution in [0.1, 0.15) is 26.3 Å². The van der Waals surface area contributed by atoms with E-state index in [0.29, 0.717) is 5.56 Å². The quantitative estimate of drug-likeness (QED) is 0.307. The number of hydrogen-bond acceptors (Lipinski definition) is 4. The molecule has 0 spiro atoms. The number of carbonyl (C=O) groups excluding carboxylic acids is 2. The van der Waals surface area contributed by atoms with Gasteiger partial charge >= 0.3 is 0 Å². The molecule has 1 N–H and O–H groups in total. The van der Waals surface area contributed by atoms with Gasteiger partial charge in [0, 0.05) is 28.2 Å². The van der Waals surface area contributed by atoms with Gasteiger partial charge in [0.05, 0.1) is 15.6 Å². The van der Waals surface area contributed by atoms with Crippen molar-refractivity contribution in [2.24, 2.45) is 0 Å². The molecule has 0 aliphatic rings. The summed E-state index contributed by atoms with van der Waals surface area (Å²) in [5, 5.41) is 2.98. The molecule has 0 bridgehead atoms. The normalized spacial score (nSPS) is 12.2. The second-order valence-electron chi connectivity index (χ2n) is 8.98. The first-order chi connectivity index (χ1) is 18.3. The van der Waals surface area contributed by atoms with Gasteiger partial charge in [-0.25, -0.2) is 12.8 Å². The van der Waals surface area contributed by atoms with E-state index in [2.05, 4.69) is 5.32 Å². The van der Waals surface area contributed by atoms with Gasteiger partial charge in [-0.2, -0.15) is 0 Å². The molecule has 0 saturated heterocycles. The summed E-state index contributed by atoms with van der Waals surface area (Å²) in [7, 11) is -4.31. The first kappa shape index (κ1) is 30.7. The van der Waals surface area contributed by atoms with Crippen LogP contribution < -0.4 is 9.62 Å². The number of benzene rings is 3. The van der Waals surface area contributed by atoms with E-state index in [0.717, 1.165) is 16.4 Å². The highest BCUT2D eigenvalue weighted by molar-refractivity contribution is 7.92. The van der Waals surface area contributed by atoms with E-state index in [1.54, 1.807) is 38.1 Å². The van der Waals surface area contributed by atoms with Gasteiger partial charge in [0.25, 0.3) is 10.0 Å². The van der Waals surface area contributed by atoms with Crippen molar-refractivity contribution >= 4 is 62.3 Å². The van der Waals surface area contributed by atoms with Crippen molar-refractivity contribution in [2.75, 3.05) is 10.8 Å². The Labute approximate surface area is 242 Å². The summed E-state index contributed by atoms with van der Waals surface area (Å²) in [6.45, 7) is 4.17. The summed E-state index contributed by atoms with van der Waals surface area (Å²) in [5.41, 5.74) is 0.356. The highest BCUT2D eigenvalue weighted by Gasteiger charge is 2.33. The molecule has 1 atom stereocenters. The maximum atomic E-state index is 13.9. The van der Waals surface area contributed by atoms with E-state index in [1.807, 2.05) is 0 Å². The Morgan fingerprint density at radius 2 is 1.51 bits per heavy atom. The van der Waals surface area contributed by atoms with Crippen LogP contribution in [0.3, 0.4) is 0 Å². The van der Waals surface area contributed by atoms with Crippen LogP contribution in [0.25, 0.3) is 0 Å². The second-order valence-corrected chi connectivity index (χ2v) is 12.1. The topological polar surface area (TPSA) is 86.8 Å². The first-order valence-electron chi connectivity index (χ1n) is 11.9. The van der Waals surface area contributed by atoms with Crippen LogP contribution in [0.2, 0.25) is 15.1 Å². The largest absolute Gasteiger partial charge is 0.352 e. The molecule has 39 heavy (non-hydrogen) atoms. The fraction of sp³-hybridized carbons (Fsp3) is 0.259. The number of rotatable bonds is 10. The van der Waals surface area contributed by atoms with E-state index in [9.17, 15) is 22.4 Å². The Kier molecular flexibility index (Phi) is 10.2. The molecule has 3 rings (SSSR count). The minimum atomic E-state index is -4.31. The molecule has 0 aromatic heterocycles. The fourth-order valence-corrected chi connectivity index (χ4v) is 5.85. The van der Waals surface area contributed by atoms with Gasteiger partial charge < -0.3 is 10.2 Å². The van der Waals surface area contributed by atoms with Gasteiger partial charge in [-0.3, -0.25) is 13.9 Å². The van der Waals surface area contributed by atoms with Gasteiger partial charge in [0.1, 0.15) is 18.4 Å². The standard InChI is InChI=1S/C27H27Cl3FN3O4S/c1-17(2)32-27(36)18(3)33(15-21-22(28)10-7-11-23(21)29)26(35)16-34(19-12-13-25(31)24(30)14-19)39(37,38)20-8-5-4-6-9-20/h4-14,17-18H,15-16H2,1-3H3,(H,32,36). The Morgan fingerprint density at radius 3 is 2.08 bits per heavy atom. The Balaban J connectivity index is 2.08. The third-order valence-corrected chi connectivity index (χ3v) is 8.58. The molecule has 0 radical (unpaired) electrons. The van der Waals surface area contributed by atoms with Crippen LogP contribution in [-0.4, -0.2) is 43.8 Å². The van der Waals surface area contributed by atoms with Gasteiger partial charge in [-0.05, 0) is 63.2 Å². The van der Waals surface area contributed by atoms with Gasteiger partial charge in [-0.15, -0.1) is 0 Å². The lowest BCUT2D eigenvalue weighted by Gasteiger charge is -2.32. The van der Waals surface area contributed by atoms with Gasteiger partial charge in [0.2, 0.25) is 11.8 Å². The average molecular weight is 615 g/mol. The highest BCUT2D eigenvalue weighted by Crippen LogP contribution is 2.30. The second kappa shape index (κ2) is 13.0. The van der Waals surface area contributed by atoms with E-state index in [-0.39, 0.29) is 38.2 Å². The molecule has 7 nitrogen and oxygen atoms in total. The highest BCUT2D eigenvalue weighted by atomic mass is 35.5. The molecule has 1 unspecified atom stereocenters. The van der Waals surface area contributed by atoms with E-state index >= 15 is 0 Å². The Morgan fingerprint density at radius 1 is 0.897 bits per heavy atom. The van der Waals surface area contributed by atoms with Crippen molar-refractivity contribution in [1.29, 1.82) is 0 Å². The zero-order valence-electron chi connectivity index (χ0n) is 21.4. The number of sulfonamides is 1. The summed E-state index contributed by atoms with van der Waals surface area (Å²) >= 11 is 18.7. The third-order valence-electron chi connectivity index (χ3n) is 5.79. The summed E-state index contributed by atoms with van der Waals surface area (Å²) in [6.07, 6.45) is 0. The molecule has 0 aliphatic heterocycles. The monoisotopic (exact) mass is 613 g/mol. The van der Waals surface area contributed by atoms with Crippen LogP contribution in [0.5, 0.6) is 0 Å². The smallest absolute Gasteiger partial charge is 0.264 e. The zero-order valence-corrected chi connectivity index (χ0v) is 24.5. The lowest BCUT2D eigenvalue weighted by Crippen LogP contribution is -2.52. The summed E-state index contributed by atoms with van der Waals surface area (Å²) < 4.78 is 42.2. The van der Waals surface area contributed by atoms with E-state index < -0.39 is 40.2 Å². The Hall–Kier alpha value is -2.85. The van der Waals surface area contributed by atoms with Crippen molar-refractivity contribution in [3.63, 3.8) is 0 Å². The maximum Gasteiger partial charge on any atom is 0.264 e. The van der Waals surface area contributed by atoms with Crippen molar-refractivity contribution < 1.29 is 22.4 Å². The predicted octanol–water partition coefficient (Wildman–Crippen LogP) is 5.92. The lowest BCUT2D eigenvalue weighted by molar-refractivity contribution is -0.139. The van der Waals surface area contributed by atoms with Crippen LogP contribution in [-0.2, 0) is 26.2 Å². The molecule has 12 heteroatoms. The molecular formula is C27H27Cl3FN3O4S. The minimum Gasteiger partial charge on any atom is -0.352 e. The minimum absolute atomic E-state index is 0.0337. The summed E-state index contributed by atoms with van der Waals surface area (Å²) in [4.78, 5) is 27.9. The zero-order chi connectivity index (χ0) is 28.9. The molecule has 0 saturated carbocycles. The van der Waals surface area contributed by atoms with Crippen molar-refractivity contribution in [2.45, 2.75) is 44.3 Å². The molecule has 0 heterocycles. The predicted molar refractivity (Wildman–Crippen MR) is 152 cm³/mol. The average Bonchev–Trinajstić information content (AvgIpc) is 2.88. The van der Waals surface area contributed by atoms with Gasteiger partial charge in [0.15, 0.2) is 0 Å². The first-order valence-corrected chi connectivity index (χ1v) is 14.5. The maximum absolute atomic E-state index is 13.9. The molecule has 3 aromatic rings. The molecule has 208 valence electrons. The third kappa shape index (κ3) is 7.42.